The van der Waals surface area contributed by atoms with Crippen molar-refractivity contribution in [3.05, 3.63) is 0 Å². The normalized spacial score (nSPS) is 34.4. The first-order valence-electron chi connectivity index (χ1n) is 4.05. The Hall–Kier alpha value is 0.310. The predicted molar refractivity (Wildman–Crippen MR) is 44.2 cm³/mol. The maximum Gasteiger partial charge on any atom is 0.332 e. The molecule has 0 N–H and O–H groups in total. The minimum absolute atomic E-state index is 0.502. The molecule has 4 heteroatoms. The van der Waals surface area contributed by atoms with E-state index in [2.05, 4.69) is 13.8 Å². The topological polar surface area (TPSA) is 27.7 Å². The fraction of sp³-hybridized carbons (Fsp3) is 1.00. The van der Waals surface area contributed by atoms with E-state index >= 15 is 0 Å². The molecule has 0 aliphatic carbocycles. The van der Waals surface area contributed by atoms with Crippen LogP contribution < -0.4 is 0 Å². The number of hydrogen-bond acceptors (Lipinski definition) is 3. The van der Waals surface area contributed by atoms with E-state index < -0.39 is 8.60 Å². The first-order valence-corrected chi connectivity index (χ1v) is 5.15. The van der Waals surface area contributed by atoms with Crippen LogP contribution in [-0.4, -0.2) is 19.8 Å². The summed E-state index contributed by atoms with van der Waals surface area (Å²) >= 11 is 0. The highest BCUT2D eigenvalue weighted by molar-refractivity contribution is 7.41. The Morgan fingerprint density at radius 1 is 1.09 bits per heavy atom. The van der Waals surface area contributed by atoms with Gasteiger partial charge in [0.15, 0.2) is 0 Å². The standard InChI is InChI=1S/C4H7O3P.C3H8/c1-4-2-6-8(5-1)7-3-4;1-3-2/h4H,1-3H2;3H2,1-2H3. The molecule has 3 aliphatic rings. The summed E-state index contributed by atoms with van der Waals surface area (Å²) in [5.74, 6) is 0.502. The van der Waals surface area contributed by atoms with Crippen molar-refractivity contribution in [1.29, 1.82) is 0 Å². The maximum absolute atomic E-state index is 5.10. The van der Waals surface area contributed by atoms with E-state index in [1.807, 2.05) is 0 Å². The minimum atomic E-state index is -0.904. The fourth-order valence-corrected chi connectivity index (χ4v) is 1.98. The molecular formula is C7H15O3P. The average molecular weight is 178 g/mol. The monoisotopic (exact) mass is 178 g/mol. The van der Waals surface area contributed by atoms with Gasteiger partial charge in [-0.25, -0.2) is 0 Å². The Bertz CT molecular complexity index is 78.8. The van der Waals surface area contributed by atoms with Crippen molar-refractivity contribution in [3.63, 3.8) is 0 Å². The second-order valence-corrected chi connectivity index (χ2v) is 3.91. The van der Waals surface area contributed by atoms with Gasteiger partial charge in [-0.3, -0.25) is 0 Å². The third kappa shape index (κ3) is 3.04. The highest BCUT2D eigenvalue weighted by Crippen LogP contribution is 2.48. The highest BCUT2D eigenvalue weighted by atomic mass is 31.2. The molecule has 3 saturated heterocycles. The van der Waals surface area contributed by atoms with Crippen molar-refractivity contribution >= 4 is 8.60 Å². The SMILES string of the molecule is C1OP2OCC1CO2.CCC. The molecule has 0 amide bonds. The Labute approximate surface area is 69.0 Å². The Balaban J connectivity index is 0.000000179. The van der Waals surface area contributed by atoms with E-state index in [1.165, 1.54) is 6.42 Å². The molecule has 11 heavy (non-hydrogen) atoms. The van der Waals surface area contributed by atoms with Gasteiger partial charge in [0, 0.05) is 5.92 Å². The zero-order valence-corrected chi connectivity index (χ0v) is 7.97. The summed E-state index contributed by atoms with van der Waals surface area (Å²) in [7, 11) is -0.904. The van der Waals surface area contributed by atoms with E-state index in [0.717, 1.165) is 19.8 Å². The first kappa shape index (κ1) is 9.40. The van der Waals surface area contributed by atoms with Crippen LogP contribution in [0.15, 0.2) is 0 Å². The molecule has 0 saturated carbocycles. The third-order valence-electron chi connectivity index (χ3n) is 1.25. The van der Waals surface area contributed by atoms with Crippen molar-refractivity contribution in [2.75, 3.05) is 19.8 Å². The quantitative estimate of drug-likeness (QED) is 0.533. The molecule has 3 aliphatic heterocycles. The van der Waals surface area contributed by atoms with E-state index in [9.17, 15) is 0 Å². The Morgan fingerprint density at radius 2 is 1.45 bits per heavy atom. The lowest BCUT2D eigenvalue weighted by Crippen LogP contribution is -2.29. The van der Waals surface area contributed by atoms with Crippen LogP contribution in [0.3, 0.4) is 0 Å². The Morgan fingerprint density at radius 3 is 1.55 bits per heavy atom. The summed E-state index contributed by atoms with van der Waals surface area (Å²) in [6, 6.07) is 0. The fourth-order valence-electron chi connectivity index (χ4n) is 0.755. The zero-order valence-electron chi connectivity index (χ0n) is 7.08. The van der Waals surface area contributed by atoms with Gasteiger partial charge in [0.2, 0.25) is 0 Å². The molecule has 0 aromatic heterocycles. The molecule has 0 aromatic carbocycles. The maximum atomic E-state index is 5.10. The number of fused-ring (bicyclic) bond motifs is 3. The van der Waals surface area contributed by atoms with Gasteiger partial charge in [0.25, 0.3) is 0 Å². The van der Waals surface area contributed by atoms with Crippen molar-refractivity contribution in [3.8, 4) is 0 Å². The molecule has 3 heterocycles. The van der Waals surface area contributed by atoms with E-state index in [1.54, 1.807) is 0 Å². The largest absolute Gasteiger partial charge is 0.332 e. The van der Waals surface area contributed by atoms with Crippen LogP contribution in [0.5, 0.6) is 0 Å². The lowest BCUT2D eigenvalue weighted by molar-refractivity contribution is -0.00248. The molecule has 2 bridgehead atoms. The average Bonchev–Trinajstić information content (AvgIpc) is 2.09. The smallest absolute Gasteiger partial charge is 0.312 e. The van der Waals surface area contributed by atoms with Crippen molar-refractivity contribution in [2.45, 2.75) is 20.3 Å². The van der Waals surface area contributed by atoms with Crippen LogP contribution in [-0.2, 0) is 13.6 Å². The minimum Gasteiger partial charge on any atom is -0.312 e. The molecular weight excluding hydrogens is 163 g/mol. The molecule has 0 radical (unpaired) electrons. The van der Waals surface area contributed by atoms with Gasteiger partial charge in [0.05, 0.1) is 19.8 Å². The lowest BCUT2D eigenvalue weighted by atomic mass is 10.2. The van der Waals surface area contributed by atoms with Crippen LogP contribution in [0.2, 0.25) is 0 Å². The lowest BCUT2D eigenvalue weighted by Gasteiger charge is -2.33. The van der Waals surface area contributed by atoms with Gasteiger partial charge in [-0.1, -0.05) is 20.3 Å². The zero-order chi connectivity index (χ0) is 8.10. The predicted octanol–water partition coefficient (Wildman–Crippen LogP) is 2.32. The summed E-state index contributed by atoms with van der Waals surface area (Å²) in [6.45, 7) is 6.77. The van der Waals surface area contributed by atoms with Crippen molar-refractivity contribution in [1.82, 2.24) is 0 Å². The molecule has 3 nitrogen and oxygen atoms in total. The second kappa shape index (κ2) is 5.04. The van der Waals surface area contributed by atoms with Crippen molar-refractivity contribution < 1.29 is 13.6 Å². The number of hydrogen-bond donors (Lipinski definition) is 0. The highest BCUT2D eigenvalue weighted by Gasteiger charge is 2.31. The van der Waals surface area contributed by atoms with Gasteiger partial charge in [-0.05, 0) is 0 Å². The third-order valence-corrected chi connectivity index (χ3v) is 2.33. The van der Waals surface area contributed by atoms with E-state index in [-0.39, 0.29) is 0 Å². The molecule has 3 rings (SSSR count). The summed E-state index contributed by atoms with van der Waals surface area (Å²) in [4.78, 5) is 0. The molecule has 0 unspecified atom stereocenters. The van der Waals surface area contributed by atoms with E-state index in [0.29, 0.717) is 5.92 Å². The Kier molecular flexibility index (Phi) is 4.31. The van der Waals surface area contributed by atoms with Crippen molar-refractivity contribution in [2.24, 2.45) is 5.92 Å². The molecule has 0 aromatic rings. The van der Waals surface area contributed by atoms with Gasteiger partial charge < -0.3 is 13.6 Å². The second-order valence-electron chi connectivity index (χ2n) is 2.68. The van der Waals surface area contributed by atoms with Crippen LogP contribution in [0, 0.1) is 5.92 Å². The number of rotatable bonds is 0. The van der Waals surface area contributed by atoms with Gasteiger partial charge >= 0.3 is 8.60 Å². The van der Waals surface area contributed by atoms with Crippen LogP contribution in [0.1, 0.15) is 20.3 Å². The molecule has 66 valence electrons. The first-order chi connectivity index (χ1) is 5.36. The summed E-state index contributed by atoms with van der Waals surface area (Å²) < 4.78 is 15.3. The van der Waals surface area contributed by atoms with Gasteiger partial charge in [0.1, 0.15) is 0 Å². The summed E-state index contributed by atoms with van der Waals surface area (Å²) in [5, 5.41) is 0. The summed E-state index contributed by atoms with van der Waals surface area (Å²) in [6.07, 6.45) is 1.25. The van der Waals surface area contributed by atoms with Gasteiger partial charge in [-0.15, -0.1) is 0 Å². The van der Waals surface area contributed by atoms with Crippen LogP contribution in [0.25, 0.3) is 0 Å². The molecule has 3 fully saturated rings. The van der Waals surface area contributed by atoms with Gasteiger partial charge in [-0.2, -0.15) is 0 Å². The van der Waals surface area contributed by atoms with E-state index in [4.69, 9.17) is 13.6 Å². The molecule has 0 spiro atoms. The van der Waals surface area contributed by atoms with Crippen LogP contribution in [0.4, 0.5) is 0 Å². The van der Waals surface area contributed by atoms with Crippen LogP contribution >= 0.6 is 8.60 Å². The summed E-state index contributed by atoms with van der Waals surface area (Å²) in [5.41, 5.74) is 0. The molecule has 0 atom stereocenters.